The minimum absolute atomic E-state index is 0.100. The van der Waals surface area contributed by atoms with Gasteiger partial charge in [-0.05, 0) is 48.9 Å². The first kappa shape index (κ1) is 22.7. The SMILES string of the molecule is CCOC(=O)c1ccc(N2CC(COc3cccc(CN4CC(=O)SC4=O)c3)OC2=O)cc1. The Morgan fingerprint density at radius 3 is 2.64 bits per heavy atom. The Morgan fingerprint density at radius 1 is 1.15 bits per heavy atom. The van der Waals surface area contributed by atoms with Gasteiger partial charge in [0.05, 0.1) is 25.3 Å². The topological polar surface area (TPSA) is 102 Å². The number of hydrogen-bond donors (Lipinski definition) is 0. The van der Waals surface area contributed by atoms with Crippen LogP contribution in [0.3, 0.4) is 0 Å². The van der Waals surface area contributed by atoms with Gasteiger partial charge < -0.3 is 19.1 Å². The number of rotatable bonds is 8. The maximum Gasteiger partial charge on any atom is 0.414 e. The lowest BCUT2D eigenvalue weighted by Crippen LogP contribution is -2.26. The van der Waals surface area contributed by atoms with E-state index in [0.29, 0.717) is 36.7 Å². The van der Waals surface area contributed by atoms with Gasteiger partial charge >= 0.3 is 12.1 Å². The van der Waals surface area contributed by atoms with E-state index in [2.05, 4.69) is 0 Å². The summed E-state index contributed by atoms with van der Waals surface area (Å²) in [5, 5.41) is -0.407. The smallest absolute Gasteiger partial charge is 0.414 e. The van der Waals surface area contributed by atoms with Crippen LogP contribution in [0.1, 0.15) is 22.8 Å². The summed E-state index contributed by atoms with van der Waals surface area (Å²) < 4.78 is 16.2. The van der Waals surface area contributed by atoms with Crippen molar-refractivity contribution in [3.8, 4) is 5.75 Å². The van der Waals surface area contributed by atoms with E-state index in [1.807, 2.05) is 6.07 Å². The molecule has 2 aliphatic rings. The zero-order valence-electron chi connectivity index (χ0n) is 17.9. The highest BCUT2D eigenvalue weighted by Gasteiger charge is 2.33. The van der Waals surface area contributed by atoms with Crippen LogP contribution in [-0.4, -0.2) is 59.7 Å². The highest BCUT2D eigenvalue weighted by atomic mass is 32.2. The van der Waals surface area contributed by atoms with Crippen molar-refractivity contribution in [1.82, 2.24) is 4.90 Å². The van der Waals surface area contributed by atoms with Gasteiger partial charge in [0.25, 0.3) is 5.24 Å². The van der Waals surface area contributed by atoms with E-state index in [0.717, 1.165) is 17.3 Å². The lowest BCUT2D eigenvalue weighted by atomic mass is 10.2. The largest absolute Gasteiger partial charge is 0.490 e. The average Bonchev–Trinajstić information content (AvgIpc) is 3.33. The molecular weight excluding hydrogens is 448 g/mol. The Bertz CT molecular complexity index is 1070. The summed E-state index contributed by atoms with van der Waals surface area (Å²) in [6.45, 7) is 2.91. The summed E-state index contributed by atoms with van der Waals surface area (Å²) in [4.78, 5) is 50.3. The summed E-state index contributed by atoms with van der Waals surface area (Å²) in [5.41, 5.74) is 1.86. The van der Waals surface area contributed by atoms with E-state index in [1.165, 1.54) is 9.80 Å². The fourth-order valence-corrected chi connectivity index (χ4v) is 4.16. The van der Waals surface area contributed by atoms with Crippen LogP contribution in [0.25, 0.3) is 0 Å². The van der Waals surface area contributed by atoms with Gasteiger partial charge in [-0.3, -0.25) is 14.5 Å². The van der Waals surface area contributed by atoms with Gasteiger partial charge in [0.1, 0.15) is 12.4 Å². The van der Waals surface area contributed by atoms with Gasteiger partial charge in [-0.15, -0.1) is 0 Å². The number of amides is 2. The van der Waals surface area contributed by atoms with E-state index < -0.39 is 18.2 Å². The van der Waals surface area contributed by atoms with Crippen LogP contribution in [-0.2, 0) is 20.8 Å². The van der Waals surface area contributed by atoms with Crippen LogP contribution in [0.4, 0.5) is 15.3 Å². The number of carbonyl (C=O) groups is 4. The number of hydrogen-bond acceptors (Lipinski definition) is 8. The zero-order chi connectivity index (χ0) is 23.4. The van der Waals surface area contributed by atoms with Crippen molar-refractivity contribution >= 4 is 39.9 Å². The molecule has 2 amide bonds. The second-order valence-corrected chi connectivity index (χ2v) is 8.45. The first-order valence-electron chi connectivity index (χ1n) is 10.4. The molecule has 2 heterocycles. The third-order valence-electron chi connectivity index (χ3n) is 5.05. The van der Waals surface area contributed by atoms with E-state index in [-0.39, 0.29) is 23.5 Å². The summed E-state index contributed by atoms with van der Waals surface area (Å²) >= 11 is 0.723. The minimum atomic E-state index is -0.490. The van der Waals surface area contributed by atoms with E-state index in [9.17, 15) is 19.2 Å². The number of thioether (sulfide) groups is 1. The van der Waals surface area contributed by atoms with Crippen LogP contribution < -0.4 is 9.64 Å². The highest BCUT2D eigenvalue weighted by molar-refractivity contribution is 8.26. The number of carbonyl (C=O) groups excluding carboxylic acids is 4. The van der Waals surface area contributed by atoms with Crippen LogP contribution in [0.5, 0.6) is 5.75 Å². The molecule has 0 saturated carbocycles. The molecule has 1 atom stereocenters. The Hall–Kier alpha value is -3.53. The second-order valence-electron chi connectivity index (χ2n) is 7.44. The zero-order valence-corrected chi connectivity index (χ0v) is 18.7. The van der Waals surface area contributed by atoms with Crippen molar-refractivity contribution in [1.29, 1.82) is 0 Å². The van der Waals surface area contributed by atoms with Crippen LogP contribution in [0, 0.1) is 0 Å². The fraction of sp³-hybridized carbons (Fsp3) is 0.304. The van der Waals surface area contributed by atoms with Crippen LogP contribution >= 0.6 is 11.8 Å². The summed E-state index contributed by atoms with van der Waals surface area (Å²) in [7, 11) is 0. The van der Waals surface area contributed by atoms with Crippen molar-refractivity contribution in [2.45, 2.75) is 19.6 Å². The summed E-state index contributed by atoms with van der Waals surface area (Å²) in [6, 6.07) is 13.8. The average molecular weight is 471 g/mol. The predicted molar refractivity (Wildman–Crippen MR) is 120 cm³/mol. The minimum Gasteiger partial charge on any atom is -0.490 e. The predicted octanol–water partition coefficient (Wildman–Crippen LogP) is 3.46. The monoisotopic (exact) mass is 470 g/mol. The second kappa shape index (κ2) is 9.95. The normalized spacial score (nSPS) is 18.0. The number of cyclic esters (lactones) is 1. The van der Waals surface area contributed by atoms with Crippen molar-refractivity contribution in [2.75, 3.05) is 31.2 Å². The Balaban J connectivity index is 1.32. The lowest BCUT2D eigenvalue weighted by Gasteiger charge is -2.15. The Kier molecular flexibility index (Phi) is 6.83. The number of esters is 1. The Morgan fingerprint density at radius 2 is 1.94 bits per heavy atom. The van der Waals surface area contributed by atoms with E-state index in [1.54, 1.807) is 49.4 Å². The summed E-state index contributed by atoms with van der Waals surface area (Å²) in [5.74, 6) is 0.160. The van der Waals surface area contributed by atoms with Gasteiger partial charge in [-0.25, -0.2) is 9.59 Å². The molecule has 10 heteroatoms. The third kappa shape index (κ3) is 5.46. The molecule has 172 valence electrons. The van der Waals surface area contributed by atoms with Gasteiger partial charge in [0.2, 0.25) is 5.12 Å². The standard InChI is InChI=1S/C23H22N2O7S/c1-2-30-21(27)16-6-8-17(9-7-16)25-12-19(32-22(25)28)14-31-18-5-3-4-15(10-18)11-24-13-20(26)33-23(24)29/h3-10,19H,2,11-14H2,1H3. The van der Waals surface area contributed by atoms with Crippen molar-refractivity contribution < 1.29 is 33.4 Å². The number of benzene rings is 2. The molecular formula is C23H22N2O7S. The molecule has 0 bridgehead atoms. The maximum absolute atomic E-state index is 12.3. The quantitative estimate of drug-likeness (QED) is 0.541. The van der Waals surface area contributed by atoms with Gasteiger partial charge in [0, 0.05) is 24.0 Å². The Labute approximate surface area is 194 Å². The first-order chi connectivity index (χ1) is 15.9. The van der Waals surface area contributed by atoms with Crippen LogP contribution in [0.2, 0.25) is 0 Å². The van der Waals surface area contributed by atoms with Gasteiger partial charge in [-0.2, -0.15) is 0 Å². The molecule has 0 aromatic heterocycles. The van der Waals surface area contributed by atoms with Crippen molar-refractivity contribution in [3.05, 3.63) is 59.7 Å². The van der Waals surface area contributed by atoms with Crippen molar-refractivity contribution in [3.63, 3.8) is 0 Å². The number of ether oxygens (including phenoxy) is 3. The van der Waals surface area contributed by atoms with Crippen LogP contribution in [0.15, 0.2) is 48.5 Å². The molecule has 2 aromatic rings. The molecule has 0 spiro atoms. The highest BCUT2D eigenvalue weighted by Crippen LogP contribution is 2.25. The molecule has 2 saturated heterocycles. The molecule has 2 aliphatic heterocycles. The fourth-order valence-electron chi connectivity index (χ4n) is 3.49. The first-order valence-corrected chi connectivity index (χ1v) is 11.2. The van der Waals surface area contributed by atoms with E-state index in [4.69, 9.17) is 14.2 Å². The molecule has 4 rings (SSSR count). The van der Waals surface area contributed by atoms with Crippen molar-refractivity contribution in [2.24, 2.45) is 0 Å². The van der Waals surface area contributed by atoms with Gasteiger partial charge in [-0.1, -0.05) is 12.1 Å². The number of nitrogens with zero attached hydrogens (tertiary/aromatic N) is 2. The molecule has 1 unspecified atom stereocenters. The summed E-state index contributed by atoms with van der Waals surface area (Å²) in [6.07, 6.45) is -0.962. The van der Waals surface area contributed by atoms with Gasteiger partial charge in [0.15, 0.2) is 6.10 Å². The molecule has 2 fully saturated rings. The molecule has 0 radical (unpaired) electrons. The maximum atomic E-state index is 12.3. The number of anilines is 1. The lowest BCUT2D eigenvalue weighted by molar-refractivity contribution is -0.110. The molecule has 2 aromatic carbocycles. The van der Waals surface area contributed by atoms with E-state index >= 15 is 0 Å². The molecule has 0 aliphatic carbocycles. The molecule has 9 nitrogen and oxygen atoms in total. The molecule has 33 heavy (non-hydrogen) atoms. The third-order valence-corrected chi connectivity index (χ3v) is 5.84. The molecule has 0 N–H and O–H groups in total.